The second-order valence-corrected chi connectivity index (χ2v) is 7.93. The Morgan fingerprint density at radius 3 is 2.66 bits per heavy atom. The van der Waals surface area contributed by atoms with E-state index in [4.69, 9.17) is 14.2 Å². The molecule has 10 nitrogen and oxygen atoms in total. The zero-order chi connectivity index (χ0) is 25.5. The lowest BCUT2D eigenvalue weighted by Gasteiger charge is -2.26. The van der Waals surface area contributed by atoms with E-state index in [9.17, 15) is 14.9 Å². The zero-order valence-electron chi connectivity index (χ0n) is 20.5. The third kappa shape index (κ3) is 5.25. The molecule has 0 aliphatic heterocycles. The van der Waals surface area contributed by atoms with Crippen LogP contribution in [0.4, 0.5) is 0 Å². The van der Waals surface area contributed by atoms with Crippen molar-refractivity contribution in [1.29, 1.82) is 5.26 Å². The summed E-state index contributed by atoms with van der Waals surface area (Å²) in [6, 6.07) is 9.53. The summed E-state index contributed by atoms with van der Waals surface area (Å²) >= 11 is 0. The summed E-state index contributed by atoms with van der Waals surface area (Å²) in [6.07, 6.45) is 3.63. The molecule has 0 aliphatic carbocycles. The molecule has 3 aromatic rings. The quantitative estimate of drug-likeness (QED) is 0.407. The van der Waals surface area contributed by atoms with Crippen molar-refractivity contribution in [2.45, 2.75) is 32.2 Å². The van der Waals surface area contributed by atoms with E-state index in [-0.39, 0.29) is 24.0 Å². The standard InChI is InChI=1S/C25H29N5O5/c1-6-35-25(32)21-22(34-5)24(31)29(3)23(28-21)16(2)20(19-10-8-7-9-17(19)13-26)18-14-27-30(15-18)11-12-33-4/h7-10,14-16,20H,6,11-12H2,1-5H3. The number of esters is 1. The average molecular weight is 480 g/mol. The molecule has 0 amide bonds. The molecule has 0 bridgehead atoms. The van der Waals surface area contributed by atoms with Crippen LogP contribution in [0.2, 0.25) is 0 Å². The molecular weight excluding hydrogens is 450 g/mol. The summed E-state index contributed by atoms with van der Waals surface area (Å²) in [5.74, 6) is -1.38. The van der Waals surface area contributed by atoms with Crippen LogP contribution in [-0.4, -0.2) is 52.7 Å². The largest absolute Gasteiger partial charge is 0.489 e. The fourth-order valence-corrected chi connectivity index (χ4v) is 4.13. The topological polar surface area (TPSA) is 121 Å². The monoisotopic (exact) mass is 479 g/mol. The first-order valence-electron chi connectivity index (χ1n) is 11.2. The molecule has 0 fully saturated rings. The van der Waals surface area contributed by atoms with Crippen LogP contribution < -0.4 is 10.3 Å². The molecule has 1 aromatic carbocycles. The van der Waals surface area contributed by atoms with Gasteiger partial charge >= 0.3 is 5.97 Å². The van der Waals surface area contributed by atoms with E-state index in [1.165, 1.54) is 11.7 Å². The molecule has 3 rings (SSSR count). The molecule has 0 aliphatic rings. The maximum absolute atomic E-state index is 13.1. The summed E-state index contributed by atoms with van der Waals surface area (Å²) in [5, 5.41) is 14.2. The van der Waals surface area contributed by atoms with E-state index in [1.807, 2.05) is 25.3 Å². The first kappa shape index (κ1) is 25.6. The van der Waals surface area contributed by atoms with Crippen molar-refractivity contribution >= 4 is 5.97 Å². The van der Waals surface area contributed by atoms with Crippen LogP contribution in [0.5, 0.6) is 5.75 Å². The molecule has 0 N–H and O–H groups in total. The number of carbonyl (C=O) groups excluding carboxylic acids is 1. The predicted molar refractivity (Wildman–Crippen MR) is 128 cm³/mol. The van der Waals surface area contributed by atoms with E-state index in [0.29, 0.717) is 24.5 Å². The van der Waals surface area contributed by atoms with Gasteiger partial charge in [0.25, 0.3) is 5.56 Å². The lowest BCUT2D eigenvalue weighted by molar-refractivity contribution is 0.0514. The second-order valence-electron chi connectivity index (χ2n) is 7.93. The Balaban J connectivity index is 2.21. The molecular formula is C25H29N5O5. The molecule has 10 heteroatoms. The van der Waals surface area contributed by atoms with Gasteiger partial charge in [0.05, 0.1) is 44.7 Å². The number of carbonyl (C=O) groups is 1. The highest BCUT2D eigenvalue weighted by atomic mass is 16.5. The zero-order valence-corrected chi connectivity index (χ0v) is 20.5. The van der Waals surface area contributed by atoms with Crippen LogP contribution in [0, 0.1) is 11.3 Å². The Bertz CT molecular complexity index is 1290. The maximum Gasteiger partial charge on any atom is 0.361 e. The number of rotatable bonds is 10. The molecule has 0 saturated carbocycles. The van der Waals surface area contributed by atoms with Crippen LogP contribution >= 0.6 is 0 Å². The molecule has 184 valence electrons. The van der Waals surface area contributed by atoms with Gasteiger partial charge in [-0.2, -0.15) is 10.4 Å². The molecule has 2 aromatic heterocycles. The number of nitrogens with zero attached hydrogens (tertiary/aromatic N) is 5. The Hall–Kier alpha value is -3.97. The highest BCUT2D eigenvalue weighted by Gasteiger charge is 2.32. The minimum Gasteiger partial charge on any atom is -0.489 e. The minimum absolute atomic E-state index is 0.128. The fourth-order valence-electron chi connectivity index (χ4n) is 4.13. The summed E-state index contributed by atoms with van der Waals surface area (Å²) < 4.78 is 18.6. The maximum atomic E-state index is 13.1. The van der Waals surface area contributed by atoms with E-state index in [2.05, 4.69) is 16.2 Å². The van der Waals surface area contributed by atoms with Gasteiger partial charge < -0.3 is 14.2 Å². The van der Waals surface area contributed by atoms with Gasteiger partial charge in [0.15, 0.2) is 5.69 Å². The van der Waals surface area contributed by atoms with Crippen LogP contribution in [0.25, 0.3) is 0 Å². The third-order valence-electron chi connectivity index (χ3n) is 5.82. The average Bonchev–Trinajstić information content (AvgIpc) is 3.33. The molecule has 0 saturated heterocycles. The van der Waals surface area contributed by atoms with Crippen molar-refractivity contribution in [2.24, 2.45) is 7.05 Å². The van der Waals surface area contributed by atoms with Gasteiger partial charge in [-0.25, -0.2) is 9.78 Å². The number of methoxy groups -OCH3 is 2. The van der Waals surface area contributed by atoms with Crippen molar-refractivity contribution in [3.63, 3.8) is 0 Å². The normalized spacial score (nSPS) is 12.6. The van der Waals surface area contributed by atoms with Crippen molar-refractivity contribution in [1.82, 2.24) is 19.3 Å². The van der Waals surface area contributed by atoms with Crippen molar-refractivity contribution < 1.29 is 19.0 Å². The Labute approximate surface area is 203 Å². The first-order chi connectivity index (χ1) is 16.9. The van der Waals surface area contributed by atoms with Crippen molar-refractivity contribution in [2.75, 3.05) is 27.4 Å². The minimum atomic E-state index is -0.739. The van der Waals surface area contributed by atoms with Gasteiger partial charge in [0.2, 0.25) is 5.75 Å². The molecule has 2 atom stereocenters. The van der Waals surface area contributed by atoms with Gasteiger partial charge in [0.1, 0.15) is 5.82 Å². The van der Waals surface area contributed by atoms with Gasteiger partial charge in [-0.3, -0.25) is 14.0 Å². The molecule has 0 spiro atoms. The first-order valence-corrected chi connectivity index (χ1v) is 11.2. The van der Waals surface area contributed by atoms with Crippen LogP contribution in [0.1, 0.15) is 58.7 Å². The summed E-state index contributed by atoms with van der Waals surface area (Å²) in [7, 11) is 4.51. The molecule has 0 radical (unpaired) electrons. The number of aromatic nitrogens is 4. The van der Waals surface area contributed by atoms with E-state index in [1.54, 1.807) is 44.1 Å². The number of nitriles is 1. The Morgan fingerprint density at radius 1 is 1.26 bits per heavy atom. The SMILES string of the molecule is CCOC(=O)c1nc(C(C)C(c2cnn(CCOC)c2)c2ccccc2C#N)n(C)c(=O)c1OC. The van der Waals surface area contributed by atoms with Gasteiger partial charge in [-0.05, 0) is 24.1 Å². The van der Waals surface area contributed by atoms with Gasteiger partial charge in [0, 0.05) is 32.2 Å². The molecule has 35 heavy (non-hydrogen) atoms. The summed E-state index contributed by atoms with van der Waals surface area (Å²) in [6.45, 7) is 4.75. The van der Waals surface area contributed by atoms with Crippen LogP contribution in [0.15, 0.2) is 41.5 Å². The van der Waals surface area contributed by atoms with Gasteiger partial charge in [-0.1, -0.05) is 25.1 Å². The summed E-state index contributed by atoms with van der Waals surface area (Å²) in [4.78, 5) is 30.2. The number of hydrogen-bond acceptors (Lipinski definition) is 8. The van der Waals surface area contributed by atoms with Crippen molar-refractivity contribution in [3.8, 4) is 11.8 Å². The smallest absolute Gasteiger partial charge is 0.361 e. The second kappa shape index (κ2) is 11.4. The Morgan fingerprint density at radius 2 is 2.00 bits per heavy atom. The van der Waals surface area contributed by atoms with Crippen LogP contribution in [0.3, 0.4) is 0 Å². The Kier molecular flexibility index (Phi) is 8.39. The highest BCUT2D eigenvalue weighted by Crippen LogP contribution is 2.39. The van der Waals surface area contributed by atoms with E-state index < -0.39 is 17.4 Å². The number of ether oxygens (including phenoxy) is 3. The van der Waals surface area contributed by atoms with E-state index >= 15 is 0 Å². The number of hydrogen-bond donors (Lipinski definition) is 0. The van der Waals surface area contributed by atoms with Gasteiger partial charge in [-0.15, -0.1) is 0 Å². The number of benzene rings is 1. The lowest BCUT2D eigenvalue weighted by atomic mass is 9.80. The third-order valence-corrected chi connectivity index (χ3v) is 5.82. The molecule has 2 heterocycles. The van der Waals surface area contributed by atoms with Crippen molar-refractivity contribution in [3.05, 3.63) is 75.2 Å². The lowest BCUT2D eigenvalue weighted by Crippen LogP contribution is -2.30. The summed E-state index contributed by atoms with van der Waals surface area (Å²) in [5.41, 5.74) is 1.41. The predicted octanol–water partition coefficient (Wildman–Crippen LogP) is 2.62. The highest BCUT2D eigenvalue weighted by molar-refractivity contribution is 5.90. The fraction of sp³-hybridized carbons (Fsp3) is 0.400. The van der Waals surface area contributed by atoms with Crippen LogP contribution in [-0.2, 0) is 23.1 Å². The van der Waals surface area contributed by atoms with E-state index in [0.717, 1.165) is 11.1 Å². The molecule has 2 unspecified atom stereocenters.